The van der Waals surface area contributed by atoms with Gasteiger partial charge in [0.1, 0.15) is 12.1 Å². The zero-order valence-electron chi connectivity index (χ0n) is 11.3. The van der Waals surface area contributed by atoms with Crippen molar-refractivity contribution < 1.29 is 14.4 Å². The number of hydrogen-bond acceptors (Lipinski definition) is 3. The first-order valence-electron chi connectivity index (χ1n) is 6.59. The van der Waals surface area contributed by atoms with Gasteiger partial charge in [0.05, 0.1) is 0 Å². The molecule has 4 N–H and O–H groups in total. The Hall–Kier alpha value is -1.64. The summed E-state index contributed by atoms with van der Waals surface area (Å²) in [4.78, 5) is 34.7. The van der Waals surface area contributed by atoms with Crippen molar-refractivity contribution in [2.45, 2.75) is 31.3 Å². The number of benzene rings is 1. The molecule has 3 amide bonds. The van der Waals surface area contributed by atoms with Crippen LogP contribution in [0.1, 0.15) is 18.4 Å². The Labute approximate surface area is 136 Å². The van der Waals surface area contributed by atoms with Crippen LogP contribution in [0.3, 0.4) is 0 Å². The third-order valence-corrected chi connectivity index (χ3v) is 3.97. The summed E-state index contributed by atoms with van der Waals surface area (Å²) < 4.78 is 1.04. The number of carbonyl (C=O) groups excluding carboxylic acids is 3. The van der Waals surface area contributed by atoms with Gasteiger partial charge >= 0.3 is 0 Å². The third kappa shape index (κ3) is 4.42. The van der Waals surface area contributed by atoms with Gasteiger partial charge in [0.25, 0.3) is 0 Å². The zero-order chi connectivity index (χ0) is 15.4. The smallest absolute Gasteiger partial charge is 0.243 e. The average molecular weight is 401 g/mol. The lowest BCUT2D eigenvalue weighted by Gasteiger charge is -2.18. The van der Waals surface area contributed by atoms with Gasteiger partial charge in [-0.3, -0.25) is 14.4 Å². The SMILES string of the molecule is NC(=O)[C@H](Cc1cccc(I)c1)NC(=O)[C@@H]1CCC(=O)N1. The first-order valence-corrected chi connectivity index (χ1v) is 7.67. The second-order valence-corrected chi connectivity index (χ2v) is 6.20. The number of carbonyl (C=O) groups is 3. The minimum Gasteiger partial charge on any atom is -0.368 e. The summed E-state index contributed by atoms with van der Waals surface area (Å²) in [6.07, 6.45) is 1.11. The van der Waals surface area contributed by atoms with E-state index in [-0.39, 0.29) is 11.8 Å². The van der Waals surface area contributed by atoms with Crippen LogP contribution in [-0.2, 0) is 20.8 Å². The van der Waals surface area contributed by atoms with E-state index in [2.05, 4.69) is 33.2 Å². The van der Waals surface area contributed by atoms with Crippen LogP contribution in [0.25, 0.3) is 0 Å². The highest BCUT2D eigenvalue weighted by molar-refractivity contribution is 14.1. The maximum absolute atomic E-state index is 12.0. The number of nitrogens with one attached hydrogen (secondary N) is 2. The van der Waals surface area contributed by atoms with Crippen LogP contribution < -0.4 is 16.4 Å². The molecule has 0 aromatic heterocycles. The highest BCUT2D eigenvalue weighted by atomic mass is 127. The van der Waals surface area contributed by atoms with Crippen LogP contribution in [0.15, 0.2) is 24.3 Å². The van der Waals surface area contributed by atoms with E-state index >= 15 is 0 Å². The van der Waals surface area contributed by atoms with Gasteiger partial charge in [-0.25, -0.2) is 0 Å². The number of halogens is 1. The fourth-order valence-electron chi connectivity index (χ4n) is 2.21. The van der Waals surface area contributed by atoms with Gasteiger partial charge in [0.15, 0.2) is 0 Å². The molecule has 2 rings (SSSR count). The monoisotopic (exact) mass is 401 g/mol. The molecule has 2 atom stereocenters. The van der Waals surface area contributed by atoms with Crippen LogP contribution in [0, 0.1) is 3.57 Å². The summed E-state index contributed by atoms with van der Waals surface area (Å²) in [5, 5.41) is 5.18. The van der Waals surface area contributed by atoms with E-state index < -0.39 is 18.0 Å². The summed E-state index contributed by atoms with van der Waals surface area (Å²) in [5.41, 5.74) is 6.27. The van der Waals surface area contributed by atoms with Gasteiger partial charge in [-0.15, -0.1) is 0 Å². The molecule has 7 heteroatoms. The number of primary amides is 1. The van der Waals surface area contributed by atoms with Crippen molar-refractivity contribution in [3.63, 3.8) is 0 Å². The molecular weight excluding hydrogens is 385 g/mol. The van der Waals surface area contributed by atoms with Crippen LogP contribution in [0.2, 0.25) is 0 Å². The number of amides is 3. The lowest BCUT2D eigenvalue weighted by Crippen LogP contribution is -2.51. The summed E-state index contributed by atoms with van der Waals surface area (Å²) >= 11 is 2.18. The fourth-order valence-corrected chi connectivity index (χ4v) is 2.81. The molecule has 0 aliphatic carbocycles. The van der Waals surface area contributed by atoms with E-state index in [1.807, 2.05) is 24.3 Å². The summed E-state index contributed by atoms with van der Waals surface area (Å²) in [7, 11) is 0. The maximum atomic E-state index is 12.0. The Morgan fingerprint density at radius 1 is 1.48 bits per heavy atom. The standard InChI is InChI=1S/C14H16IN3O3/c15-9-3-1-2-8(6-9)7-11(13(16)20)18-14(21)10-4-5-12(19)17-10/h1-3,6,10-11H,4-5,7H2,(H2,16,20)(H,17,19)(H,18,21)/t10-,11-/m0/s1. The molecule has 1 heterocycles. The lowest BCUT2D eigenvalue weighted by atomic mass is 10.0. The van der Waals surface area contributed by atoms with Crippen molar-refractivity contribution in [2.75, 3.05) is 0 Å². The van der Waals surface area contributed by atoms with Crippen molar-refractivity contribution in [2.24, 2.45) is 5.73 Å². The van der Waals surface area contributed by atoms with E-state index in [9.17, 15) is 14.4 Å². The van der Waals surface area contributed by atoms with E-state index in [4.69, 9.17) is 5.73 Å². The Bertz CT molecular complexity index is 576. The molecule has 1 aromatic rings. The average Bonchev–Trinajstić information content (AvgIpc) is 2.84. The number of rotatable bonds is 5. The normalized spacial score (nSPS) is 18.9. The third-order valence-electron chi connectivity index (χ3n) is 3.30. The van der Waals surface area contributed by atoms with E-state index in [0.717, 1.165) is 9.13 Å². The van der Waals surface area contributed by atoms with Gasteiger partial charge in [-0.2, -0.15) is 0 Å². The highest BCUT2D eigenvalue weighted by Crippen LogP contribution is 2.11. The quantitative estimate of drug-likeness (QED) is 0.610. The largest absolute Gasteiger partial charge is 0.368 e. The molecule has 1 aliphatic rings. The Balaban J connectivity index is 2.00. The van der Waals surface area contributed by atoms with Crippen LogP contribution in [0.5, 0.6) is 0 Å². The molecule has 0 spiro atoms. The van der Waals surface area contributed by atoms with Crippen molar-refractivity contribution in [1.82, 2.24) is 10.6 Å². The molecule has 1 aromatic carbocycles. The Morgan fingerprint density at radius 3 is 2.81 bits per heavy atom. The first kappa shape index (κ1) is 15.7. The number of hydrogen-bond donors (Lipinski definition) is 3. The van der Waals surface area contributed by atoms with Crippen molar-refractivity contribution >= 4 is 40.3 Å². The van der Waals surface area contributed by atoms with Crippen molar-refractivity contribution in [3.8, 4) is 0 Å². The summed E-state index contributed by atoms with van der Waals surface area (Å²) in [5.74, 6) is -1.11. The summed E-state index contributed by atoms with van der Waals surface area (Å²) in [6, 6.07) is 6.27. The molecule has 6 nitrogen and oxygen atoms in total. The van der Waals surface area contributed by atoms with Gasteiger partial charge in [-0.05, 0) is 46.7 Å². The highest BCUT2D eigenvalue weighted by Gasteiger charge is 2.29. The van der Waals surface area contributed by atoms with Gasteiger partial charge in [-0.1, -0.05) is 12.1 Å². The molecule has 112 valence electrons. The molecule has 1 aliphatic heterocycles. The molecule has 1 fully saturated rings. The molecule has 0 saturated carbocycles. The van der Waals surface area contributed by atoms with Crippen LogP contribution >= 0.6 is 22.6 Å². The minimum atomic E-state index is -0.784. The molecular formula is C14H16IN3O3. The van der Waals surface area contributed by atoms with Crippen molar-refractivity contribution in [3.05, 3.63) is 33.4 Å². The topological polar surface area (TPSA) is 101 Å². The Kier molecular flexibility index (Phi) is 5.16. The number of nitrogens with two attached hydrogens (primary N) is 1. The van der Waals surface area contributed by atoms with Crippen molar-refractivity contribution in [1.29, 1.82) is 0 Å². The lowest BCUT2D eigenvalue weighted by molar-refractivity contribution is -0.129. The second-order valence-electron chi connectivity index (χ2n) is 4.96. The first-order chi connectivity index (χ1) is 9.95. The van der Waals surface area contributed by atoms with Gasteiger partial charge < -0.3 is 16.4 Å². The molecule has 0 radical (unpaired) electrons. The Morgan fingerprint density at radius 2 is 2.24 bits per heavy atom. The molecule has 1 saturated heterocycles. The van der Waals surface area contributed by atoms with Gasteiger partial charge in [0.2, 0.25) is 17.7 Å². The van der Waals surface area contributed by atoms with Crippen LogP contribution in [-0.4, -0.2) is 29.8 Å². The predicted molar refractivity (Wildman–Crippen MR) is 85.2 cm³/mol. The summed E-state index contributed by atoms with van der Waals surface area (Å²) in [6.45, 7) is 0. The van der Waals surface area contributed by atoms with E-state index in [1.165, 1.54) is 0 Å². The molecule has 0 unspecified atom stereocenters. The predicted octanol–water partition coefficient (Wildman–Crippen LogP) is 0.0824. The van der Waals surface area contributed by atoms with Gasteiger partial charge in [0, 0.05) is 16.4 Å². The molecule has 21 heavy (non-hydrogen) atoms. The maximum Gasteiger partial charge on any atom is 0.243 e. The van der Waals surface area contributed by atoms with E-state index in [1.54, 1.807) is 0 Å². The minimum absolute atomic E-state index is 0.150. The van der Waals surface area contributed by atoms with Crippen LogP contribution in [0.4, 0.5) is 0 Å². The molecule has 0 bridgehead atoms. The fraction of sp³-hybridized carbons (Fsp3) is 0.357. The van der Waals surface area contributed by atoms with E-state index in [0.29, 0.717) is 19.3 Å². The zero-order valence-corrected chi connectivity index (χ0v) is 13.4. The second kappa shape index (κ2) is 6.88.